The van der Waals surface area contributed by atoms with Crippen LogP contribution in [0.5, 0.6) is 0 Å². The number of hydrogen-bond acceptors (Lipinski definition) is 5. The van der Waals surface area contributed by atoms with Crippen LogP contribution in [0, 0.1) is 6.92 Å². The van der Waals surface area contributed by atoms with E-state index in [4.69, 9.17) is 0 Å². The van der Waals surface area contributed by atoms with Crippen molar-refractivity contribution in [1.29, 1.82) is 0 Å². The molecule has 2 aromatic heterocycles. The minimum absolute atomic E-state index is 0.0636. The highest BCUT2D eigenvalue weighted by Gasteiger charge is 2.37. The summed E-state index contributed by atoms with van der Waals surface area (Å²) in [6.45, 7) is 2.95. The molecule has 126 valence electrons. The van der Waals surface area contributed by atoms with Gasteiger partial charge in [-0.1, -0.05) is 6.07 Å². The standard InChI is InChI=1S/C18H22N4O2/c1-13-5-6-15(21-12-13)18(24)7-10-22(11-8-18)17(23)14-4-3-9-20-16(14)19-2/h3-6,9,12,24H,7-8,10-11H2,1-2H3,(H,19,20). The topological polar surface area (TPSA) is 78.4 Å². The van der Waals surface area contributed by atoms with E-state index in [1.165, 1.54) is 0 Å². The first-order valence-corrected chi connectivity index (χ1v) is 8.11. The number of amides is 1. The predicted octanol–water partition coefficient (Wildman–Crippen LogP) is 1.95. The molecule has 0 radical (unpaired) electrons. The molecule has 3 heterocycles. The minimum Gasteiger partial charge on any atom is -0.383 e. The van der Waals surface area contributed by atoms with Gasteiger partial charge in [-0.05, 0) is 43.5 Å². The maximum Gasteiger partial charge on any atom is 0.257 e. The van der Waals surface area contributed by atoms with Gasteiger partial charge in [0.05, 0.1) is 11.3 Å². The first kappa shape index (κ1) is 16.4. The Morgan fingerprint density at radius 3 is 2.62 bits per heavy atom. The molecule has 3 rings (SSSR count). The van der Waals surface area contributed by atoms with Crippen LogP contribution in [0.1, 0.15) is 34.5 Å². The third-order valence-corrected chi connectivity index (χ3v) is 4.54. The fourth-order valence-electron chi connectivity index (χ4n) is 3.03. The largest absolute Gasteiger partial charge is 0.383 e. The number of nitrogens with one attached hydrogen (secondary N) is 1. The van der Waals surface area contributed by atoms with Crippen molar-refractivity contribution in [1.82, 2.24) is 14.9 Å². The van der Waals surface area contributed by atoms with Crippen LogP contribution in [-0.2, 0) is 5.60 Å². The smallest absolute Gasteiger partial charge is 0.257 e. The highest BCUT2D eigenvalue weighted by Crippen LogP contribution is 2.32. The number of hydrogen-bond donors (Lipinski definition) is 2. The molecule has 2 aromatic rings. The first-order chi connectivity index (χ1) is 11.5. The van der Waals surface area contributed by atoms with Crippen LogP contribution in [0.25, 0.3) is 0 Å². The summed E-state index contributed by atoms with van der Waals surface area (Å²) in [5.41, 5.74) is 1.33. The third kappa shape index (κ3) is 3.10. The lowest BCUT2D eigenvalue weighted by Gasteiger charge is -2.38. The van der Waals surface area contributed by atoms with Crippen LogP contribution in [0.2, 0.25) is 0 Å². The summed E-state index contributed by atoms with van der Waals surface area (Å²) in [6.07, 6.45) is 4.37. The second-order valence-corrected chi connectivity index (χ2v) is 6.19. The lowest BCUT2D eigenvalue weighted by atomic mass is 9.87. The van der Waals surface area contributed by atoms with Gasteiger partial charge in [0.1, 0.15) is 11.4 Å². The number of aryl methyl sites for hydroxylation is 1. The van der Waals surface area contributed by atoms with Crippen molar-refractivity contribution in [3.63, 3.8) is 0 Å². The number of piperidine rings is 1. The second-order valence-electron chi connectivity index (χ2n) is 6.19. The van der Waals surface area contributed by atoms with Gasteiger partial charge >= 0.3 is 0 Å². The lowest BCUT2D eigenvalue weighted by Crippen LogP contribution is -2.45. The van der Waals surface area contributed by atoms with Crippen molar-refractivity contribution in [3.05, 3.63) is 53.5 Å². The average molecular weight is 326 g/mol. The Morgan fingerprint density at radius 1 is 1.25 bits per heavy atom. The van der Waals surface area contributed by atoms with Crippen molar-refractivity contribution in [2.24, 2.45) is 0 Å². The van der Waals surface area contributed by atoms with E-state index in [-0.39, 0.29) is 5.91 Å². The summed E-state index contributed by atoms with van der Waals surface area (Å²) >= 11 is 0. The Hall–Kier alpha value is -2.47. The van der Waals surface area contributed by atoms with Crippen LogP contribution in [0.4, 0.5) is 5.82 Å². The van der Waals surface area contributed by atoms with Gasteiger partial charge in [-0.15, -0.1) is 0 Å². The molecule has 6 heteroatoms. The number of carbonyl (C=O) groups excluding carboxylic acids is 1. The number of rotatable bonds is 3. The zero-order valence-electron chi connectivity index (χ0n) is 14.0. The van der Waals surface area contributed by atoms with Gasteiger partial charge < -0.3 is 15.3 Å². The molecule has 0 aromatic carbocycles. The van der Waals surface area contributed by atoms with Gasteiger partial charge in [0, 0.05) is 32.5 Å². The molecule has 2 N–H and O–H groups in total. The van der Waals surface area contributed by atoms with Crippen molar-refractivity contribution >= 4 is 11.7 Å². The van der Waals surface area contributed by atoms with E-state index in [0.29, 0.717) is 43.0 Å². The molecular formula is C18H22N4O2. The SMILES string of the molecule is CNc1ncccc1C(=O)N1CCC(O)(c2ccc(C)cn2)CC1. The van der Waals surface area contributed by atoms with Crippen molar-refractivity contribution in [2.75, 3.05) is 25.5 Å². The van der Waals surface area contributed by atoms with Gasteiger partial charge in [0.15, 0.2) is 0 Å². The Kier molecular flexibility index (Phi) is 4.49. The quantitative estimate of drug-likeness (QED) is 0.901. The van der Waals surface area contributed by atoms with Crippen LogP contribution in [0.15, 0.2) is 36.7 Å². The van der Waals surface area contributed by atoms with Crippen molar-refractivity contribution < 1.29 is 9.90 Å². The lowest BCUT2D eigenvalue weighted by molar-refractivity contribution is -0.0244. The van der Waals surface area contributed by atoms with Crippen LogP contribution in [-0.4, -0.2) is 46.0 Å². The molecule has 0 unspecified atom stereocenters. The molecule has 6 nitrogen and oxygen atoms in total. The van der Waals surface area contributed by atoms with Crippen molar-refractivity contribution in [2.45, 2.75) is 25.4 Å². The number of pyridine rings is 2. The fourth-order valence-corrected chi connectivity index (χ4v) is 3.03. The van der Waals surface area contributed by atoms with Crippen LogP contribution >= 0.6 is 0 Å². The molecule has 24 heavy (non-hydrogen) atoms. The summed E-state index contributed by atoms with van der Waals surface area (Å²) in [4.78, 5) is 23.0. The molecule has 1 aliphatic rings. The summed E-state index contributed by atoms with van der Waals surface area (Å²) in [5.74, 6) is 0.509. The molecule has 1 aliphatic heterocycles. The zero-order chi connectivity index (χ0) is 17.2. The monoisotopic (exact) mass is 326 g/mol. The van der Waals surface area contributed by atoms with Gasteiger partial charge in [-0.3, -0.25) is 9.78 Å². The Morgan fingerprint density at radius 2 is 2.00 bits per heavy atom. The summed E-state index contributed by atoms with van der Waals surface area (Å²) in [5, 5.41) is 13.8. The third-order valence-electron chi connectivity index (χ3n) is 4.54. The summed E-state index contributed by atoms with van der Waals surface area (Å²) in [6, 6.07) is 7.34. The average Bonchev–Trinajstić information content (AvgIpc) is 2.62. The Balaban J connectivity index is 1.72. The maximum atomic E-state index is 12.7. The molecule has 0 spiro atoms. The Labute approximate surface area is 141 Å². The molecule has 1 saturated heterocycles. The summed E-state index contributed by atoms with van der Waals surface area (Å²) < 4.78 is 0. The van der Waals surface area contributed by atoms with Crippen LogP contribution in [0.3, 0.4) is 0 Å². The molecular weight excluding hydrogens is 304 g/mol. The fraction of sp³-hybridized carbons (Fsp3) is 0.389. The molecule has 0 saturated carbocycles. The van der Waals surface area contributed by atoms with Gasteiger partial charge in [0.2, 0.25) is 0 Å². The molecule has 1 fully saturated rings. The van der Waals surface area contributed by atoms with E-state index in [2.05, 4.69) is 15.3 Å². The van der Waals surface area contributed by atoms with Crippen LogP contribution < -0.4 is 5.32 Å². The van der Waals surface area contributed by atoms with Gasteiger partial charge in [-0.2, -0.15) is 0 Å². The highest BCUT2D eigenvalue weighted by molar-refractivity contribution is 5.98. The molecule has 1 amide bonds. The van der Waals surface area contributed by atoms with E-state index in [9.17, 15) is 9.90 Å². The van der Waals surface area contributed by atoms with E-state index >= 15 is 0 Å². The predicted molar refractivity (Wildman–Crippen MR) is 91.8 cm³/mol. The molecule has 0 aliphatic carbocycles. The van der Waals surface area contributed by atoms with E-state index in [1.54, 1.807) is 36.5 Å². The van der Waals surface area contributed by atoms with Gasteiger partial charge in [-0.25, -0.2) is 4.98 Å². The van der Waals surface area contributed by atoms with Gasteiger partial charge in [0.25, 0.3) is 5.91 Å². The van der Waals surface area contributed by atoms with E-state index in [1.807, 2.05) is 19.1 Å². The number of nitrogens with zero attached hydrogens (tertiary/aromatic N) is 3. The van der Waals surface area contributed by atoms with E-state index in [0.717, 1.165) is 5.56 Å². The number of aromatic nitrogens is 2. The normalized spacial score (nSPS) is 16.7. The number of anilines is 1. The summed E-state index contributed by atoms with van der Waals surface area (Å²) in [7, 11) is 1.75. The van der Waals surface area contributed by atoms with Crippen molar-refractivity contribution in [3.8, 4) is 0 Å². The molecule has 0 bridgehead atoms. The maximum absolute atomic E-state index is 12.7. The zero-order valence-corrected chi connectivity index (χ0v) is 14.0. The van der Waals surface area contributed by atoms with E-state index < -0.39 is 5.60 Å². The highest BCUT2D eigenvalue weighted by atomic mass is 16.3. The first-order valence-electron chi connectivity index (χ1n) is 8.11. The minimum atomic E-state index is -0.967. The molecule has 0 atom stereocenters. The number of likely N-dealkylation sites (tertiary alicyclic amines) is 1. The number of carbonyl (C=O) groups is 1. The Bertz CT molecular complexity index is 722. The second kappa shape index (κ2) is 6.57. The number of aliphatic hydroxyl groups is 1.